The van der Waals surface area contributed by atoms with E-state index in [2.05, 4.69) is 5.32 Å². The largest absolute Gasteiger partial charge is 0.322 e. The average molecular weight is 377 g/mol. The van der Waals surface area contributed by atoms with E-state index in [4.69, 9.17) is 0 Å². The first-order valence-corrected chi connectivity index (χ1v) is 9.39. The highest BCUT2D eigenvalue weighted by atomic mass is 32.2. The van der Waals surface area contributed by atoms with Crippen LogP contribution in [0.25, 0.3) is 0 Å². The van der Waals surface area contributed by atoms with Crippen molar-refractivity contribution in [2.45, 2.75) is 18.7 Å². The van der Waals surface area contributed by atoms with Crippen LogP contribution in [0.2, 0.25) is 0 Å². The summed E-state index contributed by atoms with van der Waals surface area (Å²) in [4.78, 5) is 22.7. The van der Waals surface area contributed by atoms with Crippen LogP contribution in [-0.4, -0.2) is 36.6 Å². The first-order chi connectivity index (χ1) is 12.3. The minimum Gasteiger partial charge on any atom is -0.322 e. The molecule has 0 heterocycles. The zero-order valence-electron chi connectivity index (χ0n) is 14.4. The fourth-order valence-corrected chi connectivity index (χ4v) is 3.92. The third kappa shape index (κ3) is 4.24. The monoisotopic (exact) mass is 377 g/mol. The summed E-state index contributed by atoms with van der Waals surface area (Å²) in [6.07, 6.45) is 0. The summed E-state index contributed by atoms with van der Waals surface area (Å²) in [5.41, 5.74) is 0.242. The number of non-ortho nitro benzene ring substituents is 1. The van der Waals surface area contributed by atoms with Gasteiger partial charge in [-0.3, -0.25) is 14.9 Å². The normalized spacial score (nSPS) is 11.3. The minimum atomic E-state index is -3.68. The van der Waals surface area contributed by atoms with Crippen molar-refractivity contribution < 1.29 is 18.1 Å². The van der Waals surface area contributed by atoms with Crippen LogP contribution in [0.1, 0.15) is 24.2 Å². The summed E-state index contributed by atoms with van der Waals surface area (Å²) in [6.45, 7) is 4.12. The number of rotatable bonds is 7. The maximum absolute atomic E-state index is 12.6. The van der Waals surface area contributed by atoms with Gasteiger partial charge in [0, 0.05) is 36.5 Å². The molecular formula is C17H19N3O5S. The molecule has 1 N–H and O–H groups in total. The van der Waals surface area contributed by atoms with Crippen LogP contribution < -0.4 is 5.32 Å². The Balaban J connectivity index is 2.29. The number of hydrogen-bond donors (Lipinski definition) is 1. The second-order valence-electron chi connectivity index (χ2n) is 5.38. The van der Waals surface area contributed by atoms with Crippen LogP contribution >= 0.6 is 0 Å². The summed E-state index contributed by atoms with van der Waals surface area (Å²) >= 11 is 0. The van der Waals surface area contributed by atoms with E-state index in [1.165, 1.54) is 52.8 Å². The molecule has 0 aliphatic heterocycles. The van der Waals surface area contributed by atoms with Gasteiger partial charge in [-0.2, -0.15) is 4.31 Å². The van der Waals surface area contributed by atoms with Gasteiger partial charge in [-0.15, -0.1) is 0 Å². The number of sulfonamides is 1. The second-order valence-corrected chi connectivity index (χ2v) is 7.32. The zero-order chi connectivity index (χ0) is 19.3. The van der Waals surface area contributed by atoms with Gasteiger partial charge in [-0.1, -0.05) is 26.0 Å². The molecular weight excluding hydrogens is 358 g/mol. The van der Waals surface area contributed by atoms with E-state index in [1.807, 2.05) is 0 Å². The second kappa shape index (κ2) is 8.07. The molecule has 1 amide bonds. The summed E-state index contributed by atoms with van der Waals surface area (Å²) in [7, 11) is -3.68. The van der Waals surface area contributed by atoms with Crippen molar-refractivity contribution in [1.29, 1.82) is 0 Å². The lowest BCUT2D eigenvalue weighted by atomic mass is 10.2. The Labute approximate surface area is 151 Å². The van der Waals surface area contributed by atoms with E-state index in [0.717, 1.165) is 0 Å². The number of nitrogens with one attached hydrogen (secondary N) is 1. The van der Waals surface area contributed by atoms with E-state index >= 15 is 0 Å². The van der Waals surface area contributed by atoms with Crippen molar-refractivity contribution in [3.8, 4) is 0 Å². The lowest BCUT2D eigenvalue weighted by Crippen LogP contribution is -2.30. The quantitative estimate of drug-likeness (QED) is 0.589. The third-order valence-corrected chi connectivity index (χ3v) is 5.80. The molecule has 0 atom stereocenters. The Hall–Kier alpha value is -2.78. The van der Waals surface area contributed by atoms with E-state index in [0.29, 0.717) is 13.1 Å². The van der Waals surface area contributed by atoms with Gasteiger partial charge in [-0.25, -0.2) is 8.42 Å². The summed E-state index contributed by atoms with van der Waals surface area (Å²) in [5, 5.41) is 13.3. The van der Waals surface area contributed by atoms with Crippen molar-refractivity contribution in [2.75, 3.05) is 18.4 Å². The fraction of sp³-hybridized carbons (Fsp3) is 0.235. The van der Waals surface area contributed by atoms with Crippen LogP contribution in [-0.2, 0) is 10.0 Å². The van der Waals surface area contributed by atoms with Crippen molar-refractivity contribution in [2.24, 2.45) is 0 Å². The highest BCUT2D eigenvalue weighted by Gasteiger charge is 2.22. The van der Waals surface area contributed by atoms with Gasteiger partial charge in [0.2, 0.25) is 10.0 Å². The lowest BCUT2D eigenvalue weighted by Gasteiger charge is -2.18. The van der Waals surface area contributed by atoms with Gasteiger partial charge in [0.15, 0.2) is 0 Å². The number of nitrogens with zero attached hydrogens (tertiary/aromatic N) is 2. The van der Waals surface area contributed by atoms with Gasteiger partial charge < -0.3 is 5.32 Å². The number of carbonyl (C=O) groups is 1. The predicted octanol–water partition coefficient (Wildman–Crippen LogP) is 2.88. The van der Waals surface area contributed by atoms with Crippen LogP contribution in [0.5, 0.6) is 0 Å². The van der Waals surface area contributed by atoms with E-state index < -0.39 is 20.9 Å². The molecule has 2 rings (SSSR count). The van der Waals surface area contributed by atoms with Gasteiger partial charge in [0.1, 0.15) is 0 Å². The topological polar surface area (TPSA) is 110 Å². The minimum absolute atomic E-state index is 0.0212. The highest BCUT2D eigenvalue weighted by molar-refractivity contribution is 7.89. The number of benzene rings is 2. The number of hydrogen-bond acceptors (Lipinski definition) is 5. The zero-order valence-corrected chi connectivity index (χ0v) is 15.2. The number of nitro groups is 1. The molecule has 0 saturated heterocycles. The van der Waals surface area contributed by atoms with Gasteiger partial charge in [0.25, 0.3) is 11.6 Å². The maximum atomic E-state index is 12.6. The molecule has 0 aromatic heterocycles. The standard InChI is InChI=1S/C17H19N3O5S/c1-3-19(4-2)26(24,25)16-10-5-7-13(11-16)17(21)18-14-8-6-9-15(12-14)20(22)23/h5-12H,3-4H2,1-2H3,(H,18,21). The number of nitro benzene ring substituents is 1. The summed E-state index contributed by atoms with van der Waals surface area (Å²) in [5.74, 6) is -0.554. The van der Waals surface area contributed by atoms with Crippen LogP contribution in [0.4, 0.5) is 11.4 Å². The fourth-order valence-electron chi connectivity index (χ4n) is 2.41. The Morgan fingerprint density at radius 2 is 1.77 bits per heavy atom. The first-order valence-electron chi connectivity index (χ1n) is 7.95. The number of amides is 1. The summed E-state index contributed by atoms with van der Waals surface area (Å²) < 4.78 is 26.4. The molecule has 0 aliphatic carbocycles. The highest BCUT2D eigenvalue weighted by Crippen LogP contribution is 2.20. The molecule has 2 aromatic rings. The van der Waals surface area contributed by atoms with Crippen LogP contribution in [0, 0.1) is 10.1 Å². The molecule has 0 fully saturated rings. The number of anilines is 1. The van der Waals surface area contributed by atoms with Crippen molar-refractivity contribution in [3.63, 3.8) is 0 Å². The van der Waals surface area contributed by atoms with Crippen molar-refractivity contribution in [3.05, 3.63) is 64.2 Å². The lowest BCUT2D eigenvalue weighted by molar-refractivity contribution is -0.384. The molecule has 0 bridgehead atoms. The molecule has 138 valence electrons. The molecule has 0 unspecified atom stereocenters. The molecule has 0 radical (unpaired) electrons. The van der Waals surface area contributed by atoms with Crippen LogP contribution in [0.3, 0.4) is 0 Å². The van der Waals surface area contributed by atoms with Gasteiger partial charge in [-0.05, 0) is 24.3 Å². The SMILES string of the molecule is CCN(CC)S(=O)(=O)c1cccc(C(=O)Nc2cccc([N+](=O)[O-])c2)c1. The number of carbonyl (C=O) groups excluding carboxylic acids is 1. The molecule has 0 saturated carbocycles. The maximum Gasteiger partial charge on any atom is 0.271 e. The average Bonchev–Trinajstić information content (AvgIpc) is 2.62. The Bertz CT molecular complexity index is 924. The predicted molar refractivity (Wildman–Crippen MR) is 97.6 cm³/mol. The van der Waals surface area contributed by atoms with Crippen molar-refractivity contribution >= 4 is 27.3 Å². The van der Waals surface area contributed by atoms with Gasteiger partial charge in [0.05, 0.1) is 9.82 Å². The molecule has 8 nitrogen and oxygen atoms in total. The molecule has 26 heavy (non-hydrogen) atoms. The molecule has 0 spiro atoms. The van der Waals surface area contributed by atoms with E-state index in [9.17, 15) is 23.3 Å². The van der Waals surface area contributed by atoms with Gasteiger partial charge >= 0.3 is 0 Å². The molecule has 9 heteroatoms. The Morgan fingerprint density at radius 1 is 1.12 bits per heavy atom. The summed E-state index contributed by atoms with van der Waals surface area (Å²) in [6, 6.07) is 11.2. The first kappa shape index (κ1) is 19.5. The van der Waals surface area contributed by atoms with Crippen molar-refractivity contribution in [1.82, 2.24) is 4.31 Å². The van der Waals surface area contributed by atoms with E-state index in [1.54, 1.807) is 13.8 Å². The molecule has 2 aromatic carbocycles. The Morgan fingerprint density at radius 3 is 2.38 bits per heavy atom. The molecule has 0 aliphatic rings. The van der Waals surface area contributed by atoms with E-state index in [-0.39, 0.29) is 21.8 Å². The van der Waals surface area contributed by atoms with Crippen LogP contribution in [0.15, 0.2) is 53.4 Å². The Kier molecular flexibility index (Phi) is 6.06. The smallest absolute Gasteiger partial charge is 0.271 e. The third-order valence-electron chi connectivity index (χ3n) is 3.75.